The van der Waals surface area contributed by atoms with Crippen LogP contribution in [0.25, 0.3) is 0 Å². The summed E-state index contributed by atoms with van der Waals surface area (Å²) in [6.45, 7) is 8.45. The summed E-state index contributed by atoms with van der Waals surface area (Å²) in [6.07, 6.45) is 1.49. The maximum atomic E-state index is 12.6. The lowest BCUT2D eigenvalue weighted by atomic mass is 9.88. The number of hydrogen-bond donors (Lipinski definition) is 1. The Morgan fingerprint density at radius 3 is 2.00 bits per heavy atom. The monoisotopic (exact) mass is 513 g/mol. The molecule has 8 heteroatoms. The molecule has 0 aliphatic heterocycles. The van der Waals surface area contributed by atoms with Gasteiger partial charge in [-0.25, -0.2) is 4.79 Å². The first-order valence-corrected chi connectivity index (χ1v) is 12.9. The SMILES string of the molecule is CCOC(=O)C(CC)(CCc1ccc(Sc2ccc(C(=O)COC(=O)C(C)C)cc2)cc1)NC(C)=O. The number of carbonyl (C=O) groups excluding carboxylic acids is 4. The van der Waals surface area contributed by atoms with E-state index in [0.29, 0.717) is 24.8 Å². The summed E-state index contributed by atoms with van der Waals surface area (Å²) in [5, 5.41) is 2.81. The van der Waals surface area contributed by atoms with Crippen molar-refractivity contribution in [1.29, 1.82) is 0 Å². The van der Waals surface area contributed by atoms with E-state index in [1.165, 1.54) is 6.92 Å². The molecule has 0 bridgehead atoms. The first-order chi connectivity index (χ1) is 17.1. The highest BCUT2D eigenvalue weighted by molar-refractivity contribution is 7.99. The Morgan fingerprint density at radius 1 is 0.917 bits per heavy atom. The van der Waals surface area contributed by atoms with Gasteiger partial charge in [-0.15, -0.1) is 0 Å². The molecule has 2 rings (SSSR count). The minimum Gasteiger partial charge on any atom is -0.464 e. The van der Waals surface area contributed by atoms with Gasteiger partial charge in [-0.05, 0) is 56.0 Å². The molecule has 0 spiro atoms. The van der Waals surface area contributed by atoms with Crippen molar-refractivity contribution < 1.29 is 28.7 Å². The summed E-state index contributed by atoms with van der Waals surface area (Å²) >= 11 is 1.56. The van der Waals surface area contributed by atoms with Crippen LogP contribution in [0.4, 0.5) is 0 Å². The lowest BCUT2D eigenvalue weighted by Gasteiger charge is -2.31. The van der Waals surface area contributed by atoms with Crippen molar-refractivity contribution in [2.45, 2.75) is 69.2 Å². The quantitative estimate of drug-likeness (QED) is 0.297. The lowest BCUT2D eigenvalue weighted by Crippen LogP contribution is -2.54. The molecule has 0 aliphatic rings. The predicted octanol–water partition coefficient (Wildman–Crippen LogP) is 5.00. The Morgan fingerprint density at radius 2 is 1.50 bits per heavy atom. The highest BCUT2D eigenvalue weighted by Crippen LogP contribution is 2.29. The topological polar surface area (TPSA) is 98.8 Å². The van der Waals surface area contributed by atoms with Crippen LogP contribution in [0.1, 0.15) is 63.4 Å². The third kappa shape index (κ3) is 8.52. The molecule has 2 aromatic rings. The Labute approximate surface area is 217 Å². The zero-order valence-electron chi connectivity index (χ0n) is 21.6. The molecule has 194 valence electrons. The van der Waals surface area contributed by atoms with E-state index in [4.69, 9.17) is 9.47 Å². The Kier molecular flexibility index (Phi) is 11.2. The van der Waals surface area contributed by atoms with Crippen LogP contribution in [0.3, 0.4) is 0 Å². The fourth-order valence-corrected chi connectivity index (χ4v) is 4.36. The molecule has 0 aliphatic carbocycles. The van der Waals surface area contributed by atoms with E-state index in [1.54, 1.807) is 44.7 Å². The van der Waals surface area contributed by atoms with Crippen LogP contribution in [-0.2, 0) is 30.3 Å². The largest absolute Gasteiger partial charge is 0.464 e. The van der Waals surface area contributed by atoms with Crippen LogP contribution >= 0.6 is 11.8 Å². The minimum absolute atomic E-state index is 0.241. The molecule has 1 atom stereocenters. The summed E-state index contributed by atoms with van der Waals surface area (Å²) in [4.78, 5) is 50.1. The number of ether oxygens (including phenoxy) is 2. The number of carbonyl (C=O) groups is 4. The summed E-state index contributed by atoms with van der Waals surface area (Å²) in [7, 11) is 0. The van der Waals surface area contributed by atoms with Crippen molar-refractivity contribution >= 4 is 35.4 Å². The molecule has 0 saturated carbocycles. The summed E-state index contributed by atoms with van der Waals surface area (Å²) in [5.74, 6) is -1.58. The van der Waals surface area contributed by atoms with Crippen molar-refractivity contribution in [3.63, 3.8) is 0 Å². The van der Waals surface area contributed by atoms with Crippen molar-refractivity contribution in [3.8, 4) is 0 Å². The third-order valence-electron chi connectivity index (χ3n) is 5.68. The van der Waals surface area contributed by atoms with Crippen LogP contribution in [0.15, 0.2) is 58.3 Å². The molecular weight excluding hydrogens is 478 g/mol. The van der Waals surface area contributed by atoms with Crippen LogP contribution in [0.2, 0.25) is 0 Å². The van der Waals surface area contributed by atoms with Gasteiger partial charge in [0.25, 0.3) is 0 Å². The number of amides is 1. The first-order valence-electron chi connectivity index (χ1n) is 12.1. The summed E-state index contributed by atoms with van der Waals surface area (Å²) < 4.78 is 10.2. The number of benzene rings is 2. The van der Waals surface area contributed by atoms with Gasteiger partial charge in [0, 0.05) is 22.3 Å². The van der Waals surface area contributed by atoms with E-state index in [0.717, 1.165) is 15.4 Å². The van der Waals surface area contributed by atoms with Crippen molar-refractivity contribution in [2.75, 3.05) is 13.2 Å². The first kappa shape index (κ1) is 29.1. The lowest BCUT2D eigenvalue weighted by molar-refractivity contribution is -0.153. The van der Waals surface area contributed by atoms with Crippen LogP contribution in [0.5, 0.6) is 0 Å². The van der Waals surface area contributed by atoms with Gasteiger partial charge in [-0.1, -0.05) is 56.8 Å². The Balaban J connectivity index is 1.98. The molecule has 1 amide bonds. The fourth-order valence-electron chi connectivity index (χ4n) is 3.54. The highest BCUT2D eigenvalue weighted by atomic mass is 32.2. The van der Waals surface area contributed by atoms with E-state index in [-0.39, 0.29) is 30.8 Å². The van der Waals surface area contributed by atoms with Gasteiger partial charge in [0.1, 0.15) is 5.54 Å². The Bertz CT molecular complexity index is 1050. The number of ketones is 1. The molecule has 1 N–H and O–H groups in total. The van der Waals surface area contributed by atoms with Crippen molar-refractivity contribution in [3.05, 3.63) is 59.7 Å². The van der Waals surface area contributed by atoms with Gasteiger partial charge >= 0.3 is 11.9 Å². The molecule has 2 aromatic carbocycles. The third-order valence-corrected chi connectivity index (χ3v) is 6.69. The smallest absolute Gasteiger partial charge is 0.331 e. The molecule has 0 radical (unpaired) electrons. The Hall–Kier alpha value is -3.13. The number of esters is 2. The normalized spacial score (nSPS) is 12.5. The zero-order chi connectivity index (χ0) is 26.7. The van der Waals surface area contributed by atoms with Gasteiger partial charge in [0.2, 0.25) is 5.91 Å². The van der Waals surface area contributed by atoms with Gasteiger partial charge in [0.05, 0.1) is 12.5 Å². The van der Waals surface area contributed by atoms with Crippen molar-refractivity contribution in [2.24, 2.45) is 5.92 Å². The highest BCUT2D eigenvalue weighted by Gasteiger charge is 2.38. The molecule has 0 fully saturated rings. The van der Waals surface area contributed by atoms with E-state index in [2.05, 4.69) is 5.32 Å². The van der Waals surface area contributed by atoms with Gasteiger partial charge in [-0.3, -0.25) is 14.4 Å². The van der Waals surface area contributed by atoms with Crippen LogP contribution in [0, 0.1) is 5.92 Å². The second kappa shape index (κ2) is 13.8. The molecular formula is C28H35NO6S. The maximum absolute atomic E-state index is 12.6. The molecule has 7 nitrogen and oxygen atoms in total. The second-order valence-electron chi connectivity index (χ2n) is 8.79. The summed E-state index contributed by atoms with van der Waals surface area (Å²) in [6, 6.07) is 15.2. The number of aryl methyl sites for hydroxylation is 1. The number of Topliss-reactive ketones (excluding diaryl/α,β-unsaturated/α-hetero) is 1. The van der Waals surface area contributed by atoms with E-state index >= 15 is 0 Å². The van der Waals surface area contributed by atoms with Crippen LogP contribution < -0.4 is 5.32 Å². The molecule has 0 heterocycles. The zero-order valence-corrected chi connectivity index (χ0v) is 22.4. The average Bonchev–Trinajstić information content (AvgIpc) is 2.86. The standard InChI is InChI=1S/C28H35NO6S/c1-6-28(29-20(5)30,27(33)34-7-2)17-16-21-8-12-23(13-9-21)36-24-14-10-22(11-15-24)25(31)18-35-26(32)19(3)4/h8-15,19H,6-7,16-18H2,1-5H3,(H,29,30). The second-order valence-corrected chi connectivity index (χ2v) is 9.94. The maximum Gasteiger partial charge on any atom is 0.331 e. The van der Waals surface area contributed by atoms with E-state index in [1.807, 2.05) is 43.3 Å². The molecule has 0 saturated heterocycles. The minimum atomic E-state index is -1.04. The summed E-state index contributed by atoms with van der Waals surface area (Å²) in [5.41, 5.74) is 0.497. The van der Waals surface area contributed by atoms with Gasteiger partial charge < -0.3 is 14.8 Å². The number of hydrogen-bond acceptors (Lipinski definition) is 7. The number of rotatable bonds is 13. The van der Waals surface area contributed by atoms with Crippen molar-refractivity contribution in [1.82, 2.24) is 5.32 Å². The molecule has 36 heavy (non-hydrogen) atoms. The van der Waals surface area contributed by atoms with Crippen LogP contribution in [-0.4, -0.2) is 42.4 Å². The predicted molar refractivity (Wildman–Crippen MR) is 139 cm³/mol. The number of nitrogens with one attached hydrogen (secondary N) is 1. The van der Waals surface area contributed by atoms with E-state index in [9.17, 15) is 19.2 Å². The average molecular weight is 514 g/mol. The fraction of sp³-hybridized carbons (Fsp3) is 0.429. The molecule has 0 aromatic heterocycles. The van der Waals surface area contributed by atoms with Gasteiger partial charge in [-0.2, -0.15) is 0 Å². The molecule has 1 unspecified atom stereocenters. The van der Waals surface area contributed by atoms with E-state index < -0.39 is 17.5 Å². The van der Waals surface area contributed by atoms with Gasteiger partial charge in [0.15, 0.2) is 12.4 Å².